The molecule has 0 amide bonds. The minimum Gasteiger partial charge on any atom is -0.383 e. The number of benzene rings is 1. The average molecular weight is 242 g/mol. The summed E-state index contributed by atoms with van der Waals surface area (Å²) in [5, 5.41) is 3.23. The summed E-state index contributed by atoms with van der Waals surface area (Å²) in [5.74, 6) is 0.617. The first-order valence-electron chi connectivity index (χ1n) is 5.10. The van der Waals surface area contributed by atoms with Gasteiger partial charge in [0.15, 0.2) is 0 Å². The second kappa shape index (κ2) is 3.71. The number of thiophene rings is 1. The molecule has 0 atom stereocenters. The molecule has 2 aromatic heterocycles. The van der Waals surface area contributed by atoms with Gasteiger partial charge in [-0.05, 0) is 11.4 Å². The number of nitrogens with zero attached hydrogens (tertiary/aromatic N) is 2. The number of hydrogen-bond acceptors (Lipinski definition) is 5. The minimum atomic E-state index is 0.200. The van der Waals surface area contributed by atoms with Gasteiger partial charge in [-0.15, -0.1) is 11.3 Å². The first-order valence-corrected chi connectivity index (χ1v) is 5.98. The van der Waals surface area contributed by atoms with Gasteiger partial charge in [0.2, 0.25) is 5.95 Å². The Hall–Kier alpha value is -2.14. The van der Waals surface area contributed by atoms with Crippen molar-refractivity contribution in [3.63, 3.8) is 0 Å². The number of anilines is 2. The van der Waals surface area contributed by atoms with E-state index in [1.165, 1.54) is 4.70 Å². The third-order valence-corrected chi connectivity index (χ3v) is 3.57. The van der Waals surface area contributed by atoms with E-state index >= 15 is 0 Å². The van der Waals surface area contributed by atoms with Crippen LogP contribution >= 0.6 is 11.3 Å². The van der Waals surface area contributed by atoms with Gasteiger partial charge in [0.05, 0.1) is 0 Å². The molecular weight excluding hydrogens is 232 g/mol. The molecule has 0 unspecified atom stereocenters. The van der Waals surface area contributed by atoms with E-state index in [-0.39, 0.29) is 5.95 Å². The van der Waals surface area contributed by atoms with E-state index in [1.807, 2.05) is 12.1 Å². The molecule has 5 heteroatoms. The summed E-state index contributed by atoms with van der Waals surface area (Å²) < 4.78 is 1.22. The summed E-state index contributed by atoms with van der Waals surface area (Å²) >= 11 is 1.68. The third-order valence-electron chi connectivity index (χ3n) is 2.61. The third kappa shape index (κ3) is 1.60. The quantitative estimate of drug-likeness (QED) is 0.687. The Morgan fingerprint density at radius 2 is 1.88 bits per heavy atom. The molecule has 3 aromatic rings. The van der Waals surface area contributed by atoms with Gasteiger partial charge in [0.25, 0.3) is 0 Å². The highest BCUT2D eigenvalue weighted by atomic mass is 32.1. The molecule has 0 aliphatic rings. The zero-order valence-corrected chi connectivity index (χ0v) is 9.74. The normalized spacial score (nSPS) is 10.8. The molecule has 17 heavy (non-hydrogen) atoms. The Morgan fingerprint density at radius 3 is 2.71 bits per heavy atom. The van der Waals surface area contributed by atoms with E-state index in [9.17, 15) is 0 Å². The van der Waals surface area contributed by atoms with E-state index in [1.54, 1.807) is 17.5 Å². The number of fused-ring (bicyclic) bond motifs is 1. The summed E-state index contributed by atoms with van der Waals surface area (Å²) in [4.78, 5) is 7.98. The fourth-order valence-corrected chi connectivity index (χ4v) is 2.76. The van der Waals surface area contributed by atoms with Gasteiger partial charge in [0.1, 0.15) is 5.82 Å². The molecular formula is C12H10N4S. The Balaban J connectivity index is 2.27. The molecule has 0 radical (unpaired) electrons. The van der Waals surface area contributed by atoms with E-state index in [2.05, 4.69) is 27.5 Å². The summed E-state index contributed by atoms with van der Waals surface area (Å²) in [7, 11) is 0. The molecule has 0 bridgehead atoms. The van der Waals surface area contributed by atoms with Crippen molar-refractivity contribution in [2.45, 2.75) is 0 Å². The Labute approximate surface area is 102 Å². The molecule has 4 nitrogen and oxygen atoms in total. The van der Waals surface area contributed by atoms with Crippen LogP contribution in [0.2, 0.25) is 0 Å². The van der Waals surface area contributed by atoms with Gasteiger partial charge in [-0.2, -0.15) is 4.98 Å². The molecule has 4 N–H and O–H groups in total. The first-order chi connectivity index (χ1) is 8.25. The maximum Gasteiger partial charge on any atom is 0.221 e. The monoisotopic (exact) mass is 242 g/mol. The van der Waals surface area contributed by atoms with Gasteiger partial charge < -0.3 is 11.5 Å². The highest BCUT2D eigenvalue weighted by molar-refractivity contribution is 7.17. The van der Waals surface area contributed by atoms with Crippen LogP contribution in [-0.4, -0.2) is 9.97 Å². The Kier molecular flexibility index (Phi) is 2.19. The zero-order chi connectivity index (χ0) is 11.8. The Morgan fingerprint density at radius 1 is 1.06 bits per heavy atom. The van der Waals surface area contributed by atoms with Crippen LogP contribution in [0.4, 0.5) is 11.8 Å². The van der Waals surface area contributed by atoms with Crippen LogP contribution in [0.15, 0.2) is 35.8 Å². The van der Waals surface area contributed by atoms with Gasteiger partial charge in [-0.25, -0.2) is 4.98 Å². The molecule has 0 saturated heterocycles. The summed E-state index contributed by atoms with van der Waals surface area (Å²) in [6.45, 7) is 0. The summed E-state index contributed by atoms with van der Waals surface area (Å²) in [5.41, 5.74) is 13.3. The van der Waals surface area contributed by atoms with Crippen LogP contribution in [-0.2, 0) is 0 Å². The van der Waals surface area contributed by atoms with E-state index in [0.29, 0.717) is 5.82 Å². The van der Waals surface area contributed by atoms with Crippen molar-refractivity contribution in [2.75, 3.05) is 11.5 Å². The number of rotatable bonds is 1. The lowest BCUT2D eigenvalue weighted by Gasteiger charge is -2.03. The van der Waals surface area contributed by atoms with Crippen LogP contribution in [0.1, 0.15) is 0 Å². The zero-order valence-electron chi connectivity index (χ0n) is 8.92. The average Bonchev–Trinajstić information content (AvgIpc) is 2.73. The number of aromatic nitrogens is 2. The SMILES string of the molecule is Nc1ncc(-c2csc3ccccc23)c(N)n1. The highest BCUT2D eigenvalue weighted by Gasteiger charge is 2.10. The lowest BCUT2D eigenvalue weighted by Crippen LogP contribution is -2.00. The molecule has 1 aromatic carbocycles. The number of nitrogens with two attached hydrogens (primary N) is 2. The van der Waals surface area contributed by atoms with Crippen molar-refractivity contribution in [3.05, 3.63) is 35.8 Å². The number of hydrogen-bond donors (Lipinski definition) is 2. The van der Waals surface area contributed by atoms with Crippen molar-refractivity contribution >= 4 is 33.2 Å². The fraction of sp³-hybridized carbons (Fsp3) is 0. The van der Waals surface area contributed by atoms with Crippen molar-refractivity contribution in [1.82, 2.24) is 9.97 Å². The van der Waals surface area contributed by atoms with Gasteiger partial charge in [-0.3, -0.25) is 0 Å². The first kappa shape index (κ1) is 10.0. The number of nitrogen functional groups attached to an aromatic ring is 2. The molecule has 84 valence electrons. The summed E-state index contributed by atoms with van der Waals surface area (Å²) in [6, 6.07) is 8.17. The maximum absolute atomic E-state index is 5.88. The van der Waals surface area contributed by atoms with Gasteiger partial charge >= 0.3 is 0 Å². The van der Waals surface area contributed by atoms with Crippen LogP contribution < -0.4 is 11.5 Å². The van der Waals surface area contributed by atoms with E-state index in [4.69, 9.17) is 11.5 Å². The van der Waals surface area contributed by atoms with E-state index in [0.717, 1.165) is 16.5 Å². The Bertz CT molecular complexity index is 690. The van der Waals surface area contributed by atoms with Crippen molar-refractivity contribution in [2.24, 2.45) is 0 Å². The fourth-order valence-electron chi connectivity index (χ4n) is 1.80. The predicted octanol–water partition coefficient (Wildman–Crippen LogP) is 2.52. The molecule has 0 fully saturated rings. The lowest BCUT2D eigenvalue weighted by molar-refractivity contribution is 1.20. The predicted molar refractivity (Wildman–Crippen MR) is 71.7 cm³/mol. The smallest absolute Gasteiger partial charge is 0.221 e. The maximum atomic E-state index is 5.88. The largest absolute Gasteiger partial charge is 0.383 e. The molecule has 0 saturated carbocycles. The second-order valence-electron chi connectivity index (χ2n) is 3.67. The topological polar surface area (TPSA) is 77.8 Å². The lowest BCUT2D eigenvalue weighted by atomic mass is 10.1. The van der Waals surface area contributed by atoms with Gasteiger partial charge in [-0.1, -0.05) is 18.2 Å². The van der Waals surface area contributed by atoms with E-state index < -0.39 is 0 Å². The van der Waals surface area contributed by atoms with Crippen molar-refractivity contribution in [3.8, 4) is 11.1 Å². The molecule has 0 aliphatic heterocycles. The summed E-state index contributed by atoms with van der Waals surface area (Å²) in [6.07, 6.45) is 1.67. The second-order valence-corrected chi connectivity index (χ2v) is 4.58. The van der Waals surface area contributed by atoms with Crippen molar-refractivity contribution in [1.29, 1.82) is 0 Å². The highest BCUT2D eigenvalue weighted by Crippen LogP contribution is 2.35. The van der Waals surface area contributed by atoms with Crippen LogP contribution in [0, 0.1) is 0 Å². The van der Waals surface area contributed by atoms with Crippen LogP contribution in [0.5, 0.6) is 0 Å². The van der Waals surface area contributed by atoms with Crippen molar-refractivity contribution < 1.29 is 0 Å². The molecule has 2 heterocycles. The van der Waals surface area contributed by atoms with Crippen LogP contribution in [0.3, 0.4) is 0 Å². The van der Waals surface area contributed by atoms with Crippen LogP contribution in [0.25, 0.3) is 21.2 Å². The standard InChI is InChI=1S/C12H10N4S/c13-11-8(5-15-12(14)16-11)9-6-17-10-4-2-1-3-7(9)10/h1-6H,(H4,13,14,15,16). The molecule has 3 rings (SSSR count). The molecule has 0 aliphatic carbocycles. The molecule has 0 spiro atoms. The minimum absolute atomic E-state index is 0.200. The van der Waals surface area contributed by atoms with Gasteiger partial charge in [0, 0.05) is 27.4 Å².